The molecule has 6 nitrogen and oxygen atoms in total. The summed E-state index contributed by atoms with van der Waals surface area (Å²) in [7, 11) is 0. The van der Waals surface area contributed by atoms with Crippen molar-refractivity contribution < 1.29 is 9.90 Å². The zero-order valence-electron chi connectivity index (χ0n) is 9.83. The van der Waals surface area contributed by atoms with Gasteiger partial charge in [0.05, 0.1) is 6.21 Å². The third-order valence-electron chi connectivity index (χ3n) is 2.38. The summed E-state index contributed by atoms with van der Waals surface area (Å²) in [5, 5.41) is 15.4. The lowest BCUT2D eigenvalue weighted by atomic mass is 10.0. The summed E-state index contributed by atoms with van der Waals surface area (Å²) < 4.78 is 0. The molecule has 2 amide bonds. The molecule has 2 aromatic carbocycles. The van der Waals surface area contributed by atoms with Gasteiger partial charge in [-0.25, -0.2) is 15.8 Å². The quantitative estimate of drug-likeness (QED) is 0.506. The fourth-order valence-electron chi connectivity index (χ4n) is 1.60. The zero-order valence-corrected chi connectivity index (χ0v) is 10.6. The summed E-state index contributed by atoms with van der Waals surface area (Å²) in [4.78, 5) is 10.4. The molecular weight excluding hydrogens is 268 g/mol. The fraction of sp³-hybridized carbons (Fsp3) is 0. The number of phenolic OH excluding ortho intramolecular Hbond substituents is 1. The average Bonchev–Trinajstić information content (AvgIpc) is 2.36. The van der Waals surface area contributed by atoms with Gasteiger partial charge in [0.15, 0.2) is 0 Å². The number of hydrazone groups is 1. The minimum absolute atomic E-state index is 0. The number of hydrogen-bond acceptors (Lipinski definition) is 4. The van der Waals surface area contributed by atoms with Gasteiger partial charge in [-0.3, -0.25) is 0 Å². The van der Waals surface area contributed by atoms with Gasteiger partial charge in [-0.2, -0.15) is 5.10 Å². The van der Waals surface area contributed by atoms with E-state index < -0.39 is 6.03 Å². The molecule has 0 fully saturated rings. The van der Waals surface area contributed by atoms with E-state index in [2.05, 4.69) is 16.1 Å². The number of carbonyl (C=O) groups excluding carboxylic acids is 1. The number of halogens is 1. The Balaban J connectivity index is 0.00000180. The number of fused-ring (bicyclic) bond motifs is 1. The summed E-state index contributed by atoms with van der Waals surface area (Å²) in [6, 6.07) is 10.2. The Kier molecular flexibility index (Phi) is 4.96. The van der Waals surface area contributed by atoms with Crippen LogP contribution in [0.4, 0.5) is 4.79 Å². The summed E-state index contributed by atoms with van der Waals surface area (Å²) in [6.45, 7) is 0. The lowest BCUT2D eigenvalue weighted by Crippen LogP contribution is -2.37. The van der Waals surface area contributed by atoms with Gasteiger partial charge in [0.2, 0.25) is 0 Å². The van der Waals surface area contributed by atoms with E-state index >= 15 is 0 Å². The highest BCUT2D eigenvalue weighted by atomic mass is 35.5. The van der Waals surface area contributed by atoms with Crippen molar-refractivity contribution in [3.63, 3.8) is 0 Å². The molecule has 0 atom stereocenters. The monoisotopic (exact) mass is 280 g/mol. The number of amides is 2. The fourth-order valence-corrected chi connectivity index (χ4v) is 1.60. The van der Waals surface area contributed by atoms with E-state index in [0.717, 1.165) is 10.8 Å². The van der Waals surface area contributed by atoms with E-state index in [0.29, 0.717) is 5.56 Å². The number of rotatable bonds is 3. The third kappa shape index (κ3) is 3.49. The Morgan fingerprint density at radius 3 is 2.74 bits per heavy atom. The van der Waals surface area contributed by atoms with Gasteiger partial charge in [-0.05, 0) is 16.8 Å². The van der Waals surface area contributed by atoms with Gasteiger partial charge < -0.3 is 10.8 Å². The van der Waals surface area contributed by atoms with Crippen molar-refractivity contribution in [1.82, 2.24) is 11.0 Å². The average molecular weight is 281 g/mol. The van der Waals surface area contributed by atoms with Crippen LogP contribution in [-0.4, -0.2) is 17.4 Å². The van der Waals surface area contributed by atoms with Crippen LogP contribution >= 0.6 is 12.4 Å². The first-order valence-corrected chi connectivity index (χ1v) is 5.22. The van der Waals surface area contributed by atoms with Crippen molar-refractivity contribution in [3.05, 3.63) is 42.0 Å². The molecule has 0 aliphatic carbocycles. The molecule has 0 aliphatic rings. The lowest BCUT2D eigenvalue weighted by Gasteiger charge is -2.04. The number of benzene rings is 2. The second kappa shape index (κ2) is 6.46. The number of nitrogens with one attached hydrogen (secondary N) is 2. The number of primary amides is 1. The number of urea groups is 1. The van der Waals surface area contributed by atoms with E-state index in [9.17, 15) is 9.90 Å². The van der Waals surface area contributed by atoms with E-state index in [4.69, 9.17) is 5.73 Å². The molecule has 5 N–H and O–H groups in total. The van der Waals surface area contributed by atoms with Gasteiger partial charge in [-0.1, -0.05) is 30.3 Å². The highest BCUT2D eigenvalue weighted by molar-refractivity contribution is 6.02. The van der Waals surface area contributed by atoms with Gasteiger partial charge in [0.1, 0.15) is 5.75 Å². The Labute approximate surface area is 115 Å². The van der Waals surface area contributed by atoms with E-state index in [-0.39, 0.29) is 18.2 Å². The largest absolute Gasteiger partial charge is 0.507 e. The summed E-state index contributed by atoms with van der Waals surface area (Å²) in [5.41, 5.74) is 9.77. The second-order valence-electron chi connectivity index (χ2n) is 3.58. The summed E-state index contributed by atoms with van der Waals surface area (Å²) in [6.07, 6.45) is 1.41. The van der Waals surface area contributed by atoms with Crippen molar-refractivity contribution in [1.29, 1.82) is 0 Å². The zero-order chi connectivity index (χ0) is 13.0. The molecule has 0 aromatic heterocycles. The Hall–Kier alpha value is -2.47. The molecule has 0 spiro atoms. The molecule has 0 radical (unpaired) electrons. The highest BCUT2D eigenvalue weighted by Gasteiger charge is 2.03. The van der Waals surface area contributed by atoms with Crippen LogP contribution in [0.2, 0.25) is 0 Å². The maximum atomic E-state index is 10.4. The number of aromatic hydroxyl groups is 1. The predicted octanol–water partition coefficient (Wildman–Crippen LogP) is 1.47. The maximum Gasteiger partial charge on any atom is 0.332 e. The van der Waals surface area contributed by atoms with Crippen molar-refractivity contribution >= 4 is 35.4 Å². The highest BCUT2D eigenvalue weighted by Crippen LogP contribution is 2.25. The SMILES string of the molecule is Cl.NC(=O)NNN=Cc1c(O)ccc2ccccc12. The predicted molar refractivity (Wildman–Crippen MR) is 76.3 cm³/mol. The van der Waals surface area contributed by atoms with Crippen LogP contribution in [0, 0.1) is 0 Å². The minimum Gasteiger partial charge on any atom is -0.507 e. The number of carbonyl (C=O) groups is 1. The van der Waals surface area contributed by atoms with Crippen LogP contribution < -0.4 is 16.7 Å². The van der Waals surface area contributed by atoms with Crippen molar-refractivity contribution in [2.75, 3.05) is 0 Å². The standard InChI is InChI=1S/C12H12N4O2.ClH/c13-12(18)15-16-14-7-10-9-4-2-1-3-8(9)5-6-11(10)17;/h1-7,16-17H,(H3,13,15,18);1H. The molecule has 2 aromatic rings. The molecule has 100 valence electrons. The Bertz CT molecular complexity index is 616. The minimum atomic E-state index is -0.741. The second-order valence-corrected chi connectivity index (χ2v) is 3.58. The van der Waals surface area contributed by atoms with Gasteiger partial charge in [0, 0.05) is 5.56 Å². The van der Waals surface area contributed by atoms with E-state index in [1.807, 2.05) is 30.3 Å². The first-order valence-electron chi connectivity index (χ1n) is 5.22. The van der Waals surface area contributed by atoms with Gasteiger partial charge in [0.25, 0.3) is 0 Å². The Morgan fingerprint density at radius 1 is 1.26 bits per heavy atom. The van der Waals surface area contributed by atoms with Crippen molar-refractivity contribution in [3.8, 4) is 5.75 Å². The first-order chi connectivity index (χ1) is 8.68. The van der Waals surface area contributed by atoms with E-state index in [1.54, 1.807) is 6.07 Å². The van der Waals surface area contributed by atoms with Crippen LogP contribution in [-0.2, 0) is 0 Å². The topological polar surface area (TPSA) is 99.7 Å². The van der Waals surface area contributed by atoms with E-state index in [1.165, 1.54) is 6.21 Å². The molecule has 19 heavy (non-hydrogen) atoms. The lowest BCUT2D eigenvalue weighted by molar-refractivity contribution is 0.245. The van der Waals surface area contributed by atoms with Crippen molar-refractivity contribution in [2.45, 2.75) is 0 Å². The van der Waals surface area contributed by atoms with Crippen LogP contribution in [0.5, 0.6) is 5.75 Å². The molecule has 0 saturated carbocycles. The Morgan fingerprint density at radius 2 is 2.00 bits per heavy atom. The molecule has 7 heteroatoms. The molecule has 0 heterocycles. The maximum absolute atomic E-state index is 10.4. The first kappa shape index (κ1) is 14.6. The number of phenols is 1. The third-order valence-corrected chi connectivity index (χ3v) is 2.38. The van der Waals surface area contributed by atoms with Gasteiger partial charge in [-0.15, -0.1) is 12.4 Å². The molecule has 2 rings (SSSR count). The van der Waals surface area contributed by atoms with Crippen LogP contribution in [0.3, 0.4) is 0 Å². The van der Waals surface area contributed by atoms with Crippen LogP contribution in [0.1, 0.15) is 5.56 Å². The van der Waals surface area contributed by atoms with Crippen molar-refractivity contribution in [2.24, 2.45) is 10.8 Å². The number of hydrazine groups is 1. The molecule has 0 bridgehead atoms. The summed E-state index contributed by atoms with van der Waals surface area (Å²) >= 11 is 0. The molecule has 0 unspecified atom stereocenters. The molecule has 0 saturated heterocycles. The number of hydrogen-bond donors (Lipinski definition) is 4. The summed E-state index contributed by atoms with van der Waals surface area (Å²) in [5.74, 6) is 0.110. The molecular formula is C12H13ClN4O2. The van der Waals surface area contributed by atoms with Crippen LogP contribution in [0.25, 0.3) is 10.8 Å². The molecule has 0 aliphatic heterocycles. The smallest absolute Gasteiger partial charge is 0.332 e. The normalized spacial score (nSPS) is 10.1. The number of nitrogens with two attached hydrogens (primary N) is 1. The van der Waals surface area contributed by atoms with Crippen LogP contribution in [0.15, 0.2) is 41.5 Å². The van der Waals surface area contributed by atoms with Gasteiger partial charge >= 0.3 is 6.03 Å². The number of nitrogens with zero attached hydrogens (tertiary/aromatic N) is 1.